The number of fused-ring (bicyclic) bond motifs is 1. The maximum absolute atomic E-state index is 6.63. The van der Waals surface area contributed by atoms with Gasteiger partial charge in [0.25, 0.3) is 0 Å². The van der Waals surface area contributed by atoms with Crippen LogP contribution in [0.4, 0.5) is 0 Å². The second kappa shape index (κ2) is 6.83. The Morgan fingerprint density at radius 3 is 1.89 bits per heavy atom. The van der Waals surface area contributed by atoms with Crippen molar-refractivity contribution in [1.82, 2.24) is 4.98 Å². The topological polar surface area (TPSA) is 12.9 Å². The molecule has 1 nitrogen and oxygen atoms in total. The van der Waals surface area contributed by atoms with Crippen molar-refractivity contribution in [2.75, 3.05) is 0 Å². The fourth-order valence-corrected chi connectivity index (χ4v) is 3.69. The molecule has 0 aliphatic rings. The van der Waals surface area contributed by atoms with Crippen LogP contribution in [0.3, 0.4) is 0 Å². The van der Waals surface area contributed by atoms with Gasteiger partial charge in [-0.2, -0.15) is 0 Å². The molecular formula is C25H22ClN. The first-order valence-electron chi connectivity index (χ1n) is 9.20. The van der Waals surface area contributed by atoms with Crippen molar-refractivity contribution in [2.45, 2.75) is 26.2 Å². The van der Waals surface area contributed by atoms with Crippen molar-refractivity contribution in [1.29, 1.82) is 0 Å². The minimum absolute atomic E-state index is 0.0603. The van der Waals surface area contributed by atoms with Crippen LogP contribution >= 0.6 is 11.6 Å². The summed E-state index contributed by atoms with van der Waals surface area (Å²) < 4.78 is 0. The van der Waals surface area contributed by atoms with Crippen molar-refractivity contribution in [3.8, 4) is 22.4 Å². The van der Waals surface area contributed by atoms with Crippen LogP contribution in [0.1, 0.15) is 26.3 Å². The maximum atomic E-state index is 6.63. The summed E-state index contributed by atoms with van der Waals surface area (Å²) in [6.45, 7) is 6.70. The third kappa shape index (κ3) is 3.36. The van der Waals surface area contributed by atoms with Crippen molar-refractivity contribution in [3.63, 3.8) is 0 Å². The standard InChI is InChI=1S/C25H22ClN/c1-25(2,3)19-14-15-20-21(16-19)22(17-10-6-4-7-11-17)23(27-24(20)26)18-12-8-5-9-13-18/h4-16H,1-3H3. The lowest BCUT2D eigenvalue weighted by atomic mass is 9.84. The molecule has 0 saturated heterocycles. The largest absolute Gasteiger partial charge is 0.235 e. The Labute approximate surface area is 165 Å². The van der Waals surface area contributed by atoms with Crippen LogP contribution in [-0.2, 0) is 5.41 Å². The quantitative estimate of drug-likeness (QED) is 0.332. The minimum Gasteiger partial charge on any atom is -0.235 e. The average Bonchev–Trinajstić information content (AvgIpc) is 2.68. The molecule has 0 spiro atoms. The molecule has 0 aliphatic heterocycles. The Morgan fingerprint density at radius 1 is 0.704 bits per heavy atom. The van der Waals surface area contributed by atoms with Crippen molar-refractivity contribution in [2.24, 2.45) is 0 Å². The predicted molar refractivity (Wildman–Crippen MR) is 116 cm³/mol. The molecule has 2 heteroatoms. The van der Waals surface area contributed by atoms with Gasteiger partial charge in [0, 0.05) is 16.5 Å². The van der Waals surface area contributed by atoms with E-state index in [4.69, 9.17) is 16.6 Å². The third-order valence-corrected chi connectivity index (χ3v) is 5.22. The van der Waals surface area contributed by atoms with Crippen LogP contribution in [0.5, 0.6) is 0 Å². The molecule has 1 heterocycles. The Kier molecular flexibility index (Phi) is 4.49. The van der Waals surface area contributed by atoms with Crippen molar-refractivity contribution < 1.29 is 0 Å². The van der Waals surface area contributed by atoms with E-state index in [9.17, 15) is 0 Å². The lowest BCUT2D eigenvalue weighted by molar-refractivity contribution is 0.591. The third-order valence-electron chi connectivity index (χ3n) is 4.93. The van der Waals surface area contributed by atoms with Gasteiger partial charge >= 0.3 is 0 Å². The number of aromatic nitrogens is 1. The number of rotatable bonds is 2. The number of nitrogens with zero attached hydrogens (tertiary/aromatic N) is 1. The fraction of sp³-hybridized carbons (Fsp3) is 0.160. The average molecular weight is 372 g/mol. The van der Waals surface area contributed by atoms with Gasteiger partial charge in [-0.25, -0.2) is 4.98 Å². The van der Waals surface area contributed by atoms with Crippen LogP contribution in [0, 0.1) is 0 Å². The predicted octanol–water partition coefficient (Wildman–Crippen LogP) is 7.52. The Hall–Kier alpha value is -2.64. The number of pyridine rings is 1. The SMILES string of the molecule is CC(C)(C)c1ccc2c(Cl)nc(-c3ccccc3)c(-c3ccccc3)c2c1. The smallest absolute Gasteiger partial charge is 0.137 e. The Bertz CT molecular complexity index is 1090. The van der Waals surface area contributed by atoms with E-state index < -0.39 is 0 Å². The first-order chi connectivity index (χ1) is 12.9. The van der Waals surface area contributed by atoms with Crippen LogP contribution < -0.4 is 0 Å². The van der Waals surface area contributed by atoms with E-state index in [0.29, 0.717) is 5.15 Å². The normalized spacial score (nSPS) is 11.7. The van der Waals surface area contributed by atoms with E-state index in [1.165, 1.54) is 5.56 Å². The zero-order chi connectivity index (χ0) is 19.0. The summed E-state index contributed by atoms with van der Waals surface area (Å²) in [5.74, 6) is 0. The highest BCUT2D eigenvalue weighted by Gasteiger charge is 2.19. The fourth-order valence-electron chi connectivity index (χ4n) is 3.44. The molecule has 27 heavy (non-hydrogen) atoms. The van der Waals surface area contributed by atoms with E-state index >= 15 is 0 Å². The lowest BCUT2D eigenvalue weighted by Gasteiger charge is -2.21. The molecule has 0 N–H and O–H groups in total. The van der Waals surface area contributed by atoms with E-state index in [1.54, 1.807) is 0 Å². The van der Waals surface area contributed by atoms with Gasteiger partial charge in [0.05, 0.1) is 5.69 Å². The van der Waals surface area contributed by atoms with E-state index in [1.807, 2.05) is 24.3 Å². The highest BCUT2D eigenvalue weighted by molar-refractivity contribution is 6.35. The Balaban J connectivity index is 2.14. The summed E-state index contributed by atoms with van der Waals surface area (Å²) in [6.07, 6.45) is 0. The summed E-state index contributed by atoms with van der Waals surface area (Å²) >= 11 is 6.63. The van der Waals surface area contributed by atoms with Crippen LogP contribution in [0.15, 0.2) is 78.9 Å². The number of benzene rings is 3. The minimum atomic E-state index is 0.0603. The van der Waals surface area contributed by atoms with Gasteiger partial charge in [0.1, 0.15) is 5.15 Å². The molecule has 0 bridgehead atoms. The van der Waals surface area contributed by atoms with Gasteiger partial charge in [0.2, 0.25) is 0 Å². The molecule has 0 atom stereocenters. The van der Waals surface area contributed by atoms with Crippen LogP contribution in [0.2, 0.25) is 5.15 Å². The monoisotopic (exact) mass is 371 g/mol. The highest BCUT2D eigenvalue weighted by Crippen LogP contribution is 2.40. The second-order valence-electron chi connectivity index (χ2n) is 7.87. The Morgan fingerprint density at radius 2 is 1.30 bits per heavy atom. The summed E-state index contributed by atoms with van der Waals surface area (Å²) in [6, 6.07) is 27.3. The molecule has 0 amide bonds. The molecule has 0 aliphatic carbocycles. The van der Waals surface area contributed by atoms with Crippen molar-refractivity contribution >= 4 is 22.4 Å². The first-order valence-corrected chi connectivity index (χ1v) is 9.57. The molecule has 4 rings (SSSR count). The summed E-state index contributed by atoms with van der Waals surface area (Å²) in [7, 11) is 0. The zero-order valence-electron chi connectivity index (χ0n) is 15.8. The summed E-state index contributed by atoms with van der Waals surface area (Å²) in [5.41, 5.74) is 5.62. The van der Waals surface area contributed by atoms with E-state index in [2.05, 4.69) is 75.4 Å². The van der Waals surface area contributed by atoms with Gasteiger partial charge < -0.3 is 0 Å². The van der Waals surface area contributed by atoms with Crippen LogP contribution in [-0.4, -0.2) is 4.98 Å². The lowest BCUT2D eigenvalue weighted by Crippen LogP contribution is -2.10. The van der Waals surface area contributed by atoms with Crippen molar-refractivity contribution in [3.05, 3.63) is 89.6 Å². The van der Waals surface area contributed by atoms with Gasteiger partial charge in [-0.05, 0) is 28.0 Å². The molecule has 3 aromatic carbocycles. The molecule has 0 radical (unpaired) electrons. The zero-order valence-corrected chi connectivity index (χ0v) is 16.6. The molecule has 0 saturated carbocycles. The summed E-state index contributed by atoms with van der Waals surface area (Å²) in [4.78, 5) is 4.81. The maximum Gasteiger partial charge on any atom is 0.137 e. The number of halogens is 1. The molecule has 0 unspecified atom stereocenters. The second-order valence-corrected chi connectivity index (χ2v) is 8.23. The summed E-state index contributed by atoms with van der Waals surface area (Å²) in [5, 5.41) is 2.68. The highest BCUT2D eigenvalue weighted by atomic mass is 35.5. The van der Waals surface area contributed by atoms with Gasteiger partial charge in [-0.15, -0.1) is 0 Å². The molecule has 1 aromatic heterocycles. The van der Waals surface area contributed by atoms with Crippen LogP contribution in [0.25, 0.3) is 33.2 Å². The van der Waals surface area contributed by atoms with Gasteiger partial charge in [0.15, 0.2) is 0 Å². The van der Waals surface area contributed by atoms with Gasteiger partial charge in [-0.1, -0.05) is 105 Å². The number of hydrogen-bond donors (Lipinski definition) is 0. The molecule has 134 valence electrons. The molecule has 4 aromatic rings. The van der Waals surface area contributed by atoms with E-state index in [-0.39, 0.29) is 5.41 Å². The van der Waals surface area contributed by atoms with E-state index in [0.717, 1.165) is 33.2 Å². The molecular weight excluding hydrogens is 350 g/mol. The van der Waals surface area contributed by atoms with Gasteiger partial charge in [-0.3, -0.25) is 0 Å². The first kappa shape index (κ1) is 17.8. The number of hydrogen-bond acceptors (Lipinski definition) is 1. The molecule has 0 fully saturated rings.